The van der Waals surface area contributed by atoms with Crippen LogP contribution in [0.25, 0.3) is 0 Å². The van der Waals surface area contributed by atoms with Crippen LogP contribution in [0.3, 0.4) is 0 Å². The number of benzene rings is 2. The average molecular weight is 415 g/mol. The molecule has 0 bridgehead atoms. The molecule has 2 aromatic rings. The number of aliphatic imine (C=N–C) groups is 1. The molecule has 1 heterocycles. The first-order valence-corrected chi connectivity index (χ1v) is 8.90. The van der Waals surface area contributed by atoms with Crippen molar-refractivity contribution in [1.82, 2.24) is 10.6 Å². The monoisotopic (exact) mass is 415 g/mol. The molecule has 0 aromatic heterocycles. The zero-order valence-electron chi connectivity index (χ0n) is 16.2. The Balaban J connectivity index is 1.88. The number of amides is 3. The largest absolute Gasteiger partial charge is 0.367 e. The molecule has 1 aliphatic rings. The summed E-state index contributed by atoms with van der Waals surface area (Å²) in [5, 5.41) is 7.85. The lowest BCUT2D eigenvalue weighted by molar-refractivity contribution is -0.123. The number of aryl methyl sites for hydroxylation is 1. The molecule has 0 saturated heterocycles. The summed E-state index contributed by atoms with van der Waals surface area (Å²) >= 11 is 0. The van der Waals surface area contributed by atoms with E-state index in [0.29, 0.717) is 11.3 Å². The van der Waals surface area contributed by atoms with Crippen LogP contribution >= 0.6 is 0 Å². The molecule has 1 atom stereocenters. The Morgan fingerprint density at radius 1 is 1.10 bits per heavy atom. The molecule has 0 aliphatic carbocycles. The molecular formula is C20H19F2N5O3. The van der Waals surface area contributed by atoms with Crippen molar-refractivity contribution in [3.63, 3.8) is 0 Å². The fourth-order valence-corrected chi connectivity index (χ4v) is 3.28. The van der Waals surface area contributed by atoms with Gasteiger partial charge >= 0.3 is 0 Å². The number of rotatable bonds is 5. The minimum absolute atomic E-state index is 0.0157. The summed E-state index contributed by atoms with van der Waals surface area (Å²) in [4.78, 5) is 40.9. The summed E-state index contributed by atoms with van der Waals surface area (Å²) in [7, 11) is 1.41. The molecule has 5 N–H and O–H groups in total. The first-order chi connectivity index (χ1) is 14.2. The highest BCUT2D eigenvalue weighted by Crippen LogP contribution is 2.28. The molecule has 1 aliphatic heterocycles. The number of hydrogen-bond donors (Lipinski definition) is 4. The Morgan fingerprint density at radius 2 is 1.73 bits per heavy atom. The minimum atomic E-state index is -1.61. The third kappa shape index (κ3) is 3.52. The molecule has 0 saturated carbocycles. The van der Waals surface area contributed by atoms with Crippen LogP contribution in [0.1, 0.15) is 21.5 Å². The Hall–Kier alpha value is -3.66. The van der Waals surface area contributed by atoms with Crippen molar-refractivity contribution in [1.29, 1.82) is 0 Å². The summed E-state index contributed by atoms with van der Waals surface area (Å²) in [5.74, 6) is -4.16. The Kier molecular flexibility index (Phi) is 5.61. The molecule has 0 radical (unpaired) electrons. The van der Waals surface area contributed by atoms with Crippen LogP contribution < -0.4 is 21.7 Å². The van der Waals surface area contributed by atoms with Crippen molar-refractivity contribution in [2.24, 2.45) is 10.7 Å². The number of hydrogen-bond acceptors (Lipinski definition) is 5. The van der Waals surface area contributed by atoms with Gasteiger partial charge in [-0.25, -0.2) is 8.78 Å². The zero-order chi connectivity index (χ0) is 22.1. The summed E-state index contributed by atoms with van der Waals surface area (Å²) in [6.07, 6.45) is 0. The summed E-state index contributed by atoms with van der Waals surface area (Å²) in [6, 6.07) is 7.77. The van der Waals surface area contributed by atoms with Gasteiger partial charge in [-0.2, -0.15) is 0 Å². The van der Waals surface area contributed by atoms with Crippen LogP contribution in [-0.2, 0) is 15.1 Å². The van der Waals surface area contributed by atoms with Crippen molar-refractivity contribution >= 4 is 29.1 Å². The maximum absolute atomic E-state index is 13.5. The molecule has 30 heavy (non-hydrogen) atoms. The van der Waals surface area contributed by atoms with Gasteiger partial charge in [0, 0.05) is 18.3 Å². The van der Waals surface area contributed by atoms with Crippen LogP contribution in [0.4, 0.5) is 14.5 Å². The maximum atomic E-state index is 13.5. The van der Waals surface area contributed by atoms with Gasteiger partial charge < -0.3 is 16.4 Å². The van der Waals surface area contributed by atoms with Gasteiger partial charge in [0.05, 0.1) is 6.67 Å². The van der Waals surface area contributed by atoms with Crippen molar-refractivity contribution < 1.29 is 23.2 Å². The first-order valence-electron chi connectivity index (χ1n) is 8.90. The van der Waals surface area contributed by atoms with E-state index < -0.39 is 34.9 Å². The first kappa shape index (κ1) is 21.1. The number of halogens is 2. The quantitative estimate of drug-likeness (QED) is 0.580. The van der Waals surface area contributed by atoms with Gasteiger partial charge in [-0.1, -0.05) is 12.1 Å². The topological polar surface area (TPSA) is 126 Å². The minimum Gasteiger partial charge on any atom is -0.367 e. The van der Waals surface area contributed by atoms with Crippen LogP contribution in [0.2, 0.25) is 0 Å². The highest BCUT2D eigenvalue weighted by molar-refractivity contribution is 6.47. The van der Waals surface area contributed by atoms with E-state index in [1.807, 2.05) is 0 Å². The predicted molar refractivity (Wildman–Crippen MR) is 106 cm³/mol. The van der Waals surface area contributed by atoms with E-state index in [1.165, 1.54) is 38.2 Å². The third-order valence-electron chi connectivity index (χ3n) is 4.84. The van der Waals surface area contributed by atoms with Gasteiger partial charge in [0.1, 0.15) is 5.71 Å². The predicted octanol–water partition coefficient (Wildman–Crippen LogP) is 0.954. The Morgan fingerprint density at radius 3 is 2.33 bits per heavy atom. The van der Waals surface area contributed by atoms with Crippen molar-refractivity contribution in [3.8, 4) is 0 Å². The molecule has 1 unspecified atom stereocenters. The van der Waals surface area contributed by atoms with Gasteiger partial charge in [0.25, 0.3) is 11.8 Å². The van der Waals surface area contributed by atoms with Crippen LogP contribution in [0.5, 0.6) is 0 Å². The van der Waals surface area contributed by atoms with E-state index >= 15 is 0 Å². The second kappa shape index (κ2) is 7.99. The molecule has 156 valence electrons. The van der Waals surface area contributed by atoms with E-state index in [2.05, 4.69) is 20.9 Å². The molecule has 8 nitrogen and oxygen atoms in total. The lowest BCUT2D eigenvalue weighted by Crippen LogP contribution is -2.58. The highest BCUT2D eigenvalue weighted by atomic mass is 19.2. The molecular weight excluding hydrogens is 396 g/mol. The average Bonchev–Trinajstić information content (AvgIpc) is 3.17. The second-order valence-electron chi connectivity index (χ2n) is 6.65. The van der Waals surface area contributed by atoms with Crippen molar-refractivity contribution in [2.75, 3.05) is 19.0 Å². The summed E-state index contributed by atoms with van der Waals surface area (Å²) in [6.45, 7) is 1.52. The highest BCUT2D eigenvalue weighted by Gasteiger charge is 2.49. The van der Waals surface area contributed by atoms with Gasteiger partial charge in [0.15, 0.2) is 17.2 Å². The molecule has 2 aromatic carbocycles. The molecule has 3 amide bonds. The molecule has 0 fully saturated rings. The molecule has 0 spiro atoms. The summed E-state index contributed by atoms with van der Waals surface area (Å²) in [5.41, 5.74) is 4.87. The number of anilines is 1. The zero-order valence-corrected chi connectivity index (χ0v) is 16.2. The van der Waals surface area contributed by atoms with Gasteiger partial charge in [-0.05, 0) is 42.3 Å². The maximum Gasteiger partial charge on any atom is 0.267 e. The normalized spacial score (nSPS) is 17.9. The number of nitrogens with two attached hydrogens (primary N) is 1. The molecule has 3 rings (SSSR count). The van der Waals surface area contributed by atoms with Gasteiger partial charge in [-0.3, -0.25) is 24.7 Å². The lowest BCUT2D eigenvalue weighted by Gasteiger charge is -2.27. The van der Waals surface area contributed by atoms with Gasteiger partial charge in [0.2, 0.25) is 5.91 Å². The smallest absolute Gasteiger partial charge is 0.267 e. The number of carbonyl (C=O) groups is 3. The third-order valence-corrected chi connectivity index (χ3v) is 4.84. The van der Waals surface area contributed by atoms with Crippen LogP contribution in [-0.4, -0.2) is 37.1 Å². The van der Waals surface area contributed by atoms with Crippen molar-refractivity contribution in [3.05, 3.63) is 64.7 Å². The fraction of sp³-hybridized carbons (Fsp3) is 0.200. The number of carbonyl (C=O) groups excluding carboxylic acids is 3. The van der Waals surface area contributed by atoms with E-state index in [-0.39, 0.29) is 23.5 Å². The SMILES string of the molecule is CNC(=O)C1=NCNC1(C(N)=O)c1ccc(NC(=O)c2cc(F)c(F)cc2C)cc1. The summed E-state index contributed by atoms with van der Waals surface area (Å²) < 4.78 is 26.8. The fourth-order valence-electron chi connectivity index (χ4n) is 3.28. The number of nitrogens with zero attached hydrogens (tertiary/aromatic N) is 1. The Labute approximate surface area is 170 Å². The van der Waals surface area contributed by atoms with E-state index in [4.69, 9.17) is 5.73 Å². The van der Waals surface area contributed by atoms with Crippen LogP contribution in [0.15, 0.2) is 41.4 Å². The van der Waals surface area contributed by atoms with Crippen LogP contribution in [0, 0.1) is 18.6 Å². The van der Waals surface area contributed by atoms with Gasteiger partial charge in [-0.15, -0.1) is 0 Å². The standard InChI is InChI=1S/C20H19F2N5O3/c1-10-7-14(21)15(22)8-13(10)17(28)27-12-5-3-11(4-6-12)20(19(23)30)16(18(29)24-2)25-9-26-20/h3-8,26H,9H2,1-2H3,(H2,23,30)(H,24,29)(H,27,28). The second-order valence-corrected chi connectivity index (χ2v) is 6.65. The molecule has 10 heteroatoms. The number of primary amides is 1. The van der Waals surface area contributed by atoms with E-state index in [0.717, 1.165) is 12.1 Å². The lowest BCUT2D eigenvalue weighted by atomic mass is 9.84. The van der Waals surface area contributed by atoms with E-state index in [1.54, 1.807) is 0 Å². The van der Waals surface area contributed by atoms with Crippen molar-refractivity contribution in [2.45, 2.75) is 12.5 Å². The van der Waals surface area contributed by atoms with E-state index in [9.17, 15) is 23.2 Å². The Bertz CT molecular complexity index is 1070. The number of nitrogens with one attached hydrogen (secondary N) is 3.